The van der Waals surface area contributed by atoms with Gasteiger partial charge in [-0.1, -0.05) is 20.8 Å². The van der Waals surface area contributed by atoms with Crippen LogP contribution in [0.5, 0.6) is 0 Å². The number of Topliss-reactive ketones (excluding diaryl/α,β-unsaturated/α-hetero) is 3. The second-order valence-electron chi connectivity index (χ2n) is 13.6. The molecule has 202 valence electrons. The van der Waals surface area contributed by atoms with E-state index in [4.69, 9.17) is 4.74 Å². The van der Waals surface area contributed by atoms with Crippen LogP contribution in [0.2, 0.25) is 0 Å². The number of hydrogen-bond acceptors (Lipinski definition) is 5. The molecule has 0 N–H and O–H groups in total. The number of ether oxygens (including phenoxy) is 1. The summed E-state index contributed by atoms with van der Waals surface area (Å²) in [7, 11) is 1.44. The number of methoxy groups -OCH3 is 1. The minimum Gasteiger partial charge on any atom is -0.469 e. The van der Waals surface area contributed by atoms with Crippen LogP contribution in [-0.2, 0) is 23.9 Å². The molecule has 4 fully saturated rings. The van der Waals surface area contributed by atoms with Gasteiger partial charge in [-0.05, 0) is 118 Å². The summed E-state index contributed by atoms with van der Waals surface area (Å²) in [5.41, 5.74) is -0.0534. The average molecular weight is 501 g/mol. The van der Waals surface area contributed by atoms with Gasteiger partial charge in [0, 0.05) is 24.2 Å². The Kier molecular flexibility index (Phi) is 7.63. The Morgan fingerprint density at radius 1 is 0.889 bits per heavy atom. The minimum absolute atomic E-state index is 0.00876. The van der Waals surface area contributed by atoms with E-state index < -0.39 is 0 Å². The second-order valence-corrected chi connectivity index (χ2v) is 13.6. The lowest BCUT2D eigenvalue weighted by Gasteiger charge is -2.64. The van der Waals surface area contributed by atoms with Crippen molar-refractivity contribution in [2.45, 2.75) is 99.3 Å². The maximum atomic E-state index is 13.3. The normalized spacial score (nSPS) is 44.5. The van der Waals surface area contributed by atoms with Crippen LogP contribution in [-0.4, -0.2) is 30.4 Å². The van der Waals surface area contributed by atoms with Crippen LogP contribution in [0.1, 0.15) is 99.3 Å². The van der Waals surface area contributed by atoms with Crippen molar-refractivity contribution in [3.05, 3.63) is 0 Å². The number of hydrogen-bond donors (Lipinski definition) is 0. The molecular formula is C31H48O5. The molecule has 4 rings (SSSR count). The Morgan fingerprint density at radius 2 is 1.58 bits per heavy atom. The Morgan fingerprint density at radius 3 is 2.17 bits per heavy atom. The minimum atomic E-state index is -0.169. The second kappa shape index (κ2) is 9.98. The lowest BCUT2D eigenvalue weighted by atomic mass is 9.39. The van der Waals surface area contributed by atoms with Crippen molar-refractivity contribution >= 4 is 23.3 Å². The first kappa shape index (κ1) is 27.5. The first-order chi connectivity index (χ1) is 16.9. The summed E-state index contributed by atoms with van der Waals surface area (Å²) in [5.74, 6) is 2.94. The van der Waals surface area contributed by atoms with Gasteiger partial charge in [0.25, 0.3) is 0 Å². The summed E-state index contributed by atoms with van der Waals surface area (Å²) in [6.45, 7) is 12.3. The quantitative estimate of drug-likeness (QED) is 0.397. The first-order valence-corrected chi connectivity index (χ1v) is 14.4. The third-order valence-corrected chi connectivity index (χ3v) is 12.2. The van der Waals surface area contributed by atoms with Crippen LogP contribution >= 0.6 is 0 Å². The maximum absolute atomic E-state index is 13.3. The van der Waals surface area contributed by atoms with Crippen molar-refractivity contribution in [3.63, 3.8) is 0 Å². The van der Waals surface area contributed by atoms with Gasteiger partial charge in [-0.3, -0.25) is 19.2 Å². The van der Waals surface area contributed by atoms with Crippen LogP contribution in [0.4, 0.5) is 0 Å². The molecule has 0 saturated heterocycles. The lowest BCUT2D eigenvalue weighted by molar-refractivity contribution is -0.178. The molecule has 0 spiro atoms. The number of rotatable bonds is 7. The van der Waals surface area contributed by atoms with Gasteiger partial charge in [-0.25, -0.2) is 0 Å². The summed E-state index contributed by atoms with van der Waals surface area (Å²) in [5, 5.41) is 0. The Labute approximate surface area is 217 Å². The predicted octanol–water partition coefficient (Wildman–Crippen LogP) is 6.07. The van der Waals surface area contributed by atoms with Crippen LogP contribution < -0.4 is 0 Å². The summed E-state index contributed by atoms with van der Waals surface area (Å²) in [4.78, 5) is 50.7. The van der Waals surface area contributed by atoms with E-state index in [1.54, 1.807) is 20.8 Å². The SMILES string of the molecule is COC(=O)CC[C@@H](C)[C@H]1CC[C@H]2[C@@H]3C(C(C)=O)CC4CC(C(C)=O)CC[C@]4(C)[C@H]3CC(C(C)=O)[C@]12C. The summed E-state index contributed by atoms with van der Waals surface area (Å²) in [6.07, 6.45) is 7.96. The molecule has 4 unspecified atom stereocenters. The van der Waals surface area contributed by atoms with Gasteiger partial charge in [0.1, 0.15) is 17.3 Å². The predicted molar refractivity (Wildman–Crippen MR) is 139 cm³/mol. The molecule has 0 aliphatic heterocycles. The molecule has 36 heavy (non-hydrogen) atoms. The number of carbonyl (C=O) groups is 4. The van der Waals surface area contributed by atoms with E-state index in [1.165, 1.54) is 7.11 Å². The zero-order chi connectivity index (χ0) is 26.6. The molecule has 4 saturated carbocycles. The largest absolute Gasteiger partial charge is 0.469 e. The van der Waals surface area contributed by atoms with E-state index in [0.29, 0.717) is 47.7 Å². The van der Waals surface area contributed by atoms with Crippen molar-refractivity contribution in [1.29, 1.82) is 0 Å². The molecule has 0 amide bonds. The van der Waals surface area contributed by atoms with E-state index in [-0.39, 0.29) is 46.1 Å². The molecule has 5 heteroatoms. The monoisotopic (exact) mass is 500 g/mol. The fourth-order valence-corrected chi connectivity index (χ4v) is 10.3. The Bertz CT molecular complexity index is 909. The standard InChI is InChI=1S/C31H48O5/c1-17(8-11-28(35)36-7)24-9-10-25-29-23(19(3)33)15-22-14-21(18(2)32)12-13-30(22,5)27(29)16-26(20(4)34)31(24,25)6/h17,21-27,29H,8-16H2,1-7H3/t17-,21?,22?,23?,24-,25+,26?,27+,29+,30+,31-/m1/s1. The van der Waals surface area contributed by atoms with E-state index in [1.807, 2.05) is 0 Å². The highest BCUT2D eigenvalue weighted by molar-refractivity contribution is 5.81. The Hall–Kier alpha value is -1.52. The molecule has 4 aliphatic rings. The molecule has 0 heterocycles. The average Bonchev–Trinajstić information content (AvgIpc) is 3.18. The van der Waals surface area contributed by atoms with Gasteiger partial charge in [0.2, 0.25) is 0 Å². The highest BCUT2D eigenvalue weighted by atomic mass is 16.5. The van der Waals surface area contributed by atoms with Crippen molar-refractivity contribution in [2.75, 3.05) is 7.11 Å². The van der Waals surface area contributed by atoms with Gasteiger partial charge >= 0.3 is 5.97 Å². The lowest BCUT2D eigenvalue weighted by Crippen LogP contribution is -2.61. The first-order valence-electron chi connectivity index (χ1n) is 14.4. The Balaban J connectivity index is 1.71. The van der Waals surface area contributed by atoms with Crippen LogP contribution in [0.15, 0.2) is 0 Å². The zero-order valence-electron chi connectivity index (χ0n) is 23.6. The molecule has 0 aromatic rings. The number of carbonyl (C=O) groups excluding carboxylic acids is 4. The molecule has 0 radical (unpaired) electrons. The summed E-state index contributed by atoms with van der Waals surface area (Å²) >= 11 is 0. The number of ketones is 3. The molecule has 0 aromatic heterocycles. The van der Waals surface area contributed by atoms with Gasteiger partial charge < -0.3 is 4.74 Å². The van der Waals surface area contributed by atoms with Crippen LogP contribution in [0, 0.1) is 64.1 Å². The van der Waals surface area contributed by atoms with Gasteiger partial charge in [-0.15, -0.1) is 0 Å². The molecule has 4 aliphatic carbocycles. The van der Waals surface area contributed by atoms with E-state index in [9.17, 15) is 19.2 Å². The summed E-state index contributed by atoms with van der Waals surface area (Å²) < 4.78 is 4.90. The van der Waals surface area contributed by atoms with Gasteiger partial charge in [-0.2, -0.15) is 0 Å². The maximum Gasteiger partial charge on any atom is 0.305 e. The van der Waals surface area contributed by atoms with Crippen LogP contribution in [0.3, 0.4) is 0 Å². The summed E-state index contributed by atoms with van der Waals surface area (Å²) in [6, 6.07) is 0. The molecule has 5 nitrogen and oxygen atoms in total. The van der Waals surface area contributed by atoms with E-state index in [0.717, 1.165) is 51.4 Å². The third-order valence-electron chi connectivity index (χ3n) is 12.2. The van der Waals surface area contributed by atoms with Gasteiger partial charge in [0.05, 0.1) is 7.11 Å². The van der Waals surface area contributed by atoms with Crippen molar-refractivity contribution in [1.82, 2.24) is 0 Å². The van der Waals surface area contributed by atoms with Crippen molar-refractivity contribution in [2.24, 2.45) is 64.1 Å². The molecular weight excluding hydrogens is 452 g/mol. The number of esters is 1. The smallest absolute Gasteiger partial charge is 0.305 e. The molecule has 0 bridgehead atoms. The molecule has 11 atom stereocenters. The highest BCUT2D eigenvalue weighted by Crippen LogP contribution is 2.71. The van der Waals surface area contributed by atoms with Crippen molar-refractivity contribution < 1.29 is 23.9 Å². The fraction of sp³-hybridized carbons (Fsp3) is 0.871. The van der Waals surface area contributed by atoms with Gasteiger partial charge in [0.15, 0.2) is 0 Å². The van der Waals surface area contributed by atoms with Crippen LogP contribution in [0.25, 0.3) is 0 Å². The fourth-order valence-electron chi connectivity index (χ4n) is 10.3. The zero-order valence-corrected chi connectivity index (χ0v) is 23.6. The molecule has 0 aromatic carbocycles. The van der Waals surface area contributed by atoms with E-state index in [2.05, 4.69) is 20.8 Å². The van der Waals surface area contributed by atoms with Crippen molar-refractivity contribution in [3.8, 4) is 0 Å². The topological polar surface area (TPSA) is 77.5 Å². The van der Waals surface area contributed by atoms with E-state index >= 15 is 0 Å². The third kappa shape index (κ3) is 4.30. The highest BCUT2D eigenvalue weighted by Gasteiger charge is 2.67. The number of fused-ring (bicyclic) bond motifs is 5.